The first-order valence-corrected chi connectivity index (χ1v) is 9.79. The van der Waals surface area contributed by atoms with Gasteiger partial charge in [0.2, 0.25) is 11.8 Å². The highest BCUT2D eigenvalue weighted by molar-refractivity contribution is 5.99. The molecular weight excluding hydrogens is 426 g/mol. The first-order chi connectivity index (χ1) is 15.9. The third kappa shape index (κ3) is 4.59. The van der Waals surface area contributed by atoms with Crippen molar-refractivity contribution in [3.05, 3.63) is 94.5 Å². The van der Waals surface area contributed by atoms with Crippen LogP contribution in [0.2, 0.25) is 0 Å². The molecule has 0 bridgehead atoms. The molecule has 0 unspecified atom stereocenters. The maximum atomic E-state index is 12.5. The number of benzene rings is 3. The lowest BCUT2D eigenvalue weighted by Gasteiger charge is -2.08. The predicted molar refractivity (Wildman–Crippen MR) is 121 cm³/mol. The normalized spacial score (nSPS) is 11.0. The number of aromatic nitrogens is 1. The molecule has 33 heavy (non-hydrogen) atoms. The number of para-hydroxylation sites is 2. The number of aromatic hydroxyl groups is 1. The summed E-state index contributed by atoms with van der Waals surface area (Å²) in [6.45, 7) is -0.199. The van der Waals surface area contributed by atoms with Crippen molar-refractivity contribution in [2.75, 3.05) is 5.32 Å². The summed E-state index contributed by atoms with van der Waals surface area (Å²) in [4.78, 5) is 35.2. The molecule has 1 aromatic heterocycles. The van der Waals surface area contributed by atoms with E-state index in [2.05, 4.69) is 15.5 Å². The van der Waals surface area contributed by atoms with E-state index in [1.54, 1.807) is 48.5 Å². The van der Waals surface area contributed by atoms with Gasteiger partial charge in [-0.1, -0.05) is 42.5 Å². The molecule has 0 fully saturated rings. The van der Waals surface area contributed by atoms with Gasteiger partial charge in [-0.15, -0.1) is 10.2 Å². The molecule has 0 aliphatic carbocycles. The van der Waals surface area contributed by atoms with Gasteiger partial charge in [0.05, 0.1) is 16.0 Å². The Labute approximate surface area is 187 Å². The molecule has 0 saturated carbocycles. The third-order valence-electron chi connectivity index (χ3n) is 4.82. The maximum Gasteiger partial charge on any atom is 0.295 e. The van der Waals surface area contributed by atoms with Crippen LogP contribution in [-0.2, 0) is 11.3 Å². The minimum absolute atomic E-state index is 0.0110. The first kappa shape index (κ1) is 21.4. The molecule has 10 heteroatoms. The second-order valence-corrected chi connectivity index (χ2v) is 7.00. The van der Waals surface area contributed by atoms with Crippen LogP contribution in [-0.4, -0.2) is 26.4 Å². The van der Waals surface area contributed by atoms with E-state index >= 15 is 0 Å². The smallest absolute Gasteiger partial charge is 0.295 e. The zero-order chi connectivity index (χ0) is 23.4. The van der Waals surface area contributed by atoms with Crippen LogP contribution in [0.5, 0.6) is 5.88 Å². The van der Waals surface area contributed by atoms with Gasteiger partial charge in [0.25, 0.3) is 11.6 Å². The standard InChI is InChI=1S/C23H17N5O5/c29-20(24-16-8-2-1-3-9-16)14-27-19-12-5-4-11-18(19)21(23(27)31)25-26-22(30)15-7-6-10-17(13-15)28(32)33/h1-13,31H,14H2,(H,24,29). The van der Waals surface area contributed by atoms with Gasteiger partial charge in [-0.05, 0) is 24.3 Å². The maximum absolute atomic E-state index is 12.5. The zero-order valence-electron chi connectivity index (χ0n) is 17.1. The Balaban J connectivity index is 1.63. The fourth-order valence-electron chi connectivity index (χ4n) is 3.30. The van der Waals surface area contributed by atoms with Crippen molar-refractivity contribution >= 4 is 39.8 Å². The van der Waals surface area contributed by atoms with Crippen LogP contribution in [0.3, 0.4) is 0 Å². The van der Waals surface area contributed by atoms with Crippen molar-refractivity contribution in [2.45, 2.75) is 6.54 Å². The number of anilines is 1. The summed E-state index contributed by atoms with van der Waals surface area (Å²) >= 11 is 0. The summed E-state index contributed by atoms with van der Waals surface area (Å²) in [6, 6.07) is 20.8. The van der Waals surface area contributed by atoms with E-state index in [4.69, 9.17) is 0 Å². The van der Waals surface area contributed by atoms with Crippen LogP contribution >= 0.6 is 0 Å². The highest BCUT2D eigenvalue weighted by Crippen LogP contribution is 2.38. The van der Waals surface area contributed by atoms with Gasteiger partial charge < -0.3 is 15.0 Å². The second kappa shape index (κ2) is 9.10. The fraction of sp³-hybridized carbons (Fsp3) is 0.0435. The summed E-state index contributed by atoms with van der Waals surface area (Å²) in [5, 5.41) is 32.4. The number of carbonyl (C=O) groups is 2. The highest BCUT2D eigenvalue weighted by atomic mass is 16.6. The van der Waals surface area contributed by atoms with E-state index in [1.807, 2.05) is 6.07 Å². The Hall–Kier alpha value is -4.86. The molecule has 164 valence electrons. The van der Waals surface area contributed by atoms with E-state index in [1.165, 1.54) is 22.8 Å². The van der Waals surface area contributed by atoms with E-state index < -0.39 is 10.8 Å². The molecule has 0 atom stereocenters. The Morgan fingerprint density at radius 1 is 1.00 bits per heavy atom. The van der Waals surface area contributed by atoms with E-state index in [9.17, 15) is 24.8 Å². The van der Waals surface area contributed by atoms with Gasteiger partial charge >= 0.3 is 0 Å². The minimum atomic E-state index is -0.809. The average molecular weight is 443 g/mol. The molecule has 4 aromatic rings. The molecule has 0 radical (unpaired) electrons. The number of non-ortho nitro benzene ring substituents is 1. The number of rotatable bonds is 6. The van der Waals surface area contributed by atoms with Crippen LogP contribution < -0.4 is 5.32 Å². The topological polar surface area (TPSA) is 139 Å². The van der Waals surface area contributed by atoms with Gasteiger partial charge in [0, 0.05) is 23.2 Å². The first-order valence-electron chi connectivity index (χ1n) is 9.79. The van der Waals surface area contributed by atoms with Crippen molar-refractivity contribution in [1.29, 1.82) is 0 Å². The van der Waals surface area contributed by atoms with Gasteiger partial charge in [0.15, 0.2) is 5.69 Å². The number of amides is 2. The highest BCUT2D eigenvalue weighted by Gasteiger charge is 2.19. The SMILES string of the molecule is O=C(Cn1c(O)c(N=NC(=O)c2cccc([N+](=O)[O-])c2)c2ccccc21)Nc1ccccc1. The average Bonchev–Trinajstić information content (AvgIpc) is 3.09. The fourth-order valence-corrected chi connectivity index (χ4v) is 3.30. The molecule has 2 N–H and O–H groups in total. The third-order valence-corrected chi connectivity index (χ3v) is 4.82. The Morgan fingerprint density at radius 2 is 1.73 bits per heavy atom. The number of nitrogens with zero attached hydrogens (tertiary/aromatic N) is 4. The molecule has 3 aromatic carbocycles. The van der Waals surface area contributed by atoms with Gasteiger partial charge in [-0.25, -0.2) is 0 Å². The monoisotopic (exact) mass is 443 g/mol. The number of carbonyl (C=O) groups excluding carboxylic acids is 2. The van der Waals surface area contributed by atoms with Crippen LogP contribution in [0.15, 0.2) is 89.1 Å². The summed E-state index contributed by atoms with van der Waals surface area (Å²) < 4.78 is 1.36. The Bertz CT molecular complexity index is 1400. The summed E-state index contributed by atoms with van der Waals surface area (Å²) in [5.41, 5.74) is 0.881. The quantitative estimate of drug-likeness (QED) is 0.250. The molecule has 2 amide bonds. The molecule has 10 nitrogen and oxygen atoms in total. The number of azo groups is 1. The second-order valence-electron chi connectivity index (χ2n) is 7.00. The largest absolute Gasteiger partial charge is 0.493 e. The van der Waals surface area contributed by atoms with Crippen LogP contribution in [0.4, 0.5) is 17.1 Å². The molecular formula is C23H17N5O5. The molecule has 0 aliphatic heterocycles. The molecule has 0 spiro atoms. The summed E-state index contributed by atoms with van der Waals surface area (Å²) in [7, 11) is 0. The van der Waals surface area contributed by atoms with Crippen molar-refractivity contribution in [3.8, 4) is 5.88 Å². The Morgan fingerprint density at radius 3 is 2.48 bits per heavy atom. The number of nitrogens with one attached hydrogen (secondary N) is 1. The van der Waals surface area contributed by atoms with E-state index in [0.29, 0.717) is 16.6 Å². The number of hydrogen-bond acceptors (Lipinski definition) is 6. The predicted octanol–water partition coefficient (Wildman–Crippen LogP) is 4.82. The Kier molecular flexibility index (Phi) is 5.90. The van der Waals surface area contributed by atoms with Crippen molar-refractivity contribution in [2.24, 2.45) is 10.2 Å². The van der Waals surface area contributed by atoms with E-state index in [-0.39, 0.29) is 35.3 Å². The zero-order valence-corrected chi connectivity index (χ0v) is 17.1. The van der Waals surface area contributed by atoms with Crippen LogP contribution in [0.1, 0.15) is 10.4 Å². The van der Waals surface area contributed by atoms with Crippen LogP contribution in [0.25, 0.3) is 10.9 Å². The van der Waals surface area contributed by atoms with Crippen molar-refractivity contribution in [1.82, 2.24) is 4.57 Å². The molecule has 4 rings (SSSR count). The number of nitro benzene ring substituents is 1. The van der Waals surface area contributed by atoms with E-state index in [0.717, 1.165) is 6.07 Å². The molecule has 1 heterocycles. The lowest BCUT2D eigenvalue weighted by atomic mass is 10.2. The van der Waals surface area contributed by atoms with Crippen LogP contribution in [0, 0.1) is 10.1 Å². The number of hydrogen-bond donors (Lipinski definition) is 2. The molecule has 0 saturated heterocycles. The van der Waals surface area contributed by atoms with Gasteiger partial charge in [-0.3, -0.25) is 19.7 Å². The number of fused-ring (bicyclic) bond motifs is 1. The summed E-state index contributed by atoms with van der Waals surface area (Å²) in [6.07, 6.45) is 0. The van der Waals surface area contributed by atoms with Gasteiger partial charge in [-0.2, -0.15) is 0 Å². The molecule has 0 aliphatic rings. The van der Waals surface area contributed by atoms with Crippen molar-refractivity contribution < 1.29 is 19.6 Å². The van der Waals surface area contributed by atoms with Crippen molar-refractivity contribution in [3.63, 3.8) is 0 Å². The summed E-state index contributed by atoms with van der Waals surface area (Å²) in [5.74, 6) is -1.51. The number of nitro groups is 1. The minimum Gasteiger partial charge on any atom is -0.493 e. The lowest BCUT2D eigenvalue weighted by molar-refractivity contribution is -0.384. The van der Waals surface area contributed by atoms with Gasteiger partial charge in [0.1, 0.15) is 6.54 Å². The lowest BCUT2D eigenvalue weighted by Crippen LogP contribution is -2.18.